The van der Waals surface area contributed by atoms with Gasteiger partial charge in [-0.05, 0) is 5.56 Å². The fourth-order valence-corrected chi connectivity index (χ4v) is 2.06. The maximum absolute atomic E-state index is 11.4. The van der Waals surface area contributed by atoms with Gasteiger partial charge in [-0.25, -0.2) is 4.79 Å². The summed E-state index contributed by atoms with van der Waals surface area (Å²) in [5.41, 5.74) is 11.7. The first kappa shape index (κ1) is 10.9. The molecule has 1 unspecified atom stereocenters. The van der Waals surface area contributed by atoms with Crippen molar-refractivity contribution in [2.24, 2.45) is 11.5 Å². The molecule has 1 aromatic carbocycles. The second-order valence-electron chi connectivity index (χ2n) is 3.96. The van der Waals surface area contributed by atoms with E-state index in [-0.39, 0.29) is 0 Å². The molecule has 1 aliphatic heterocycles. The van der Waals surface area contributed by atoms with Crippen LogP contribution in [0.4, 0.5) is 4.79 Å². The molecule has 16 heavy (non-hydrogen) atoms. The smallest absolute Gasteiger partial charge is 0.316 e. The largest absolute Gasteiger partial charge is 0.351 e. The fraction of sp³-hybridized carbons (Fsp3) is 0.364. The van der Waals surface area contributed by atoms with Gasteiger partial charge in [0.15, 0.2) is 0 Å². The minimum absolute atomic E-state index is 0.479. The summed E-state index contributed by atoms with van der Waals surface area (Å²) >= 11 is 0. The lowest BCUT2D eigenvalue weighted by atomic mass is 9.96. The van der Waals surface area contributed by atoms with Crippen LogP contribution in [0.25, 0.3) is 0 Å². The summed E-state index contributed by atoms with van der Waals surface area (Å²) in [7, 11) is 0. The molecule has 0 radical (unpaired) electrons. The summed E-state index contributed by atoms with van der Waals surface area (Å²) < 4.78 is 0. The van der Waals surface area contributed by atoms with Crippen LogP contribution in [-0.4, -0.2) is 30.6 Å². The van der Waals surface area contributed by atoms with E-state index in [4.69, 9.17) is 11.5 Å². The van der Waals surface area contributed by atoms with E-state index in [1.165, 1.54) is 4.90 Å². The Hall–Kier alpha value is -1.59. The second-order valence-corrected chi connectivity index (χ2v) is 3.96. The predicted molar refractivity (Wildman–Crippen MR) is 61.5 cm³/mol. The number of nitrogens with one attached hydrogen (secondary N) is 1. The van der Waals surface area contributed by atoms with Crippen molar-refractivity contribution >= 4 is 6.03 Å². The van der Waals surface area contributed by atoms with Crippen LogP contribution in [0.2, 0.25) is 0 Å². The first-order chi connectivity index (χ1) is 7.64. The molecule has 1 atom stereocenters. The lowest BCUT2D eigenvalue weighted by Gasteiger charge is -2.44. The quantitative estimate of drug-likeness (QED) is 0.612. The third-order valence-electron chi connectivity index (χ3n) is 2.93. The van der Waals surface area contributed by atoms with Crippen LogP contribution >= 0.6 is 0 Å². The lowest BCUT2D eigenvalue weighted by molar-refractivity contribution is 0.0963. The van der Waals surface area contributed by atoms with Gasteiger partial charge in [0.2, 0.25) is 0 Å². The summed E-state index contributed by atoms with van der Waals surface area (Å²) in [5.74, 6) is 0. The minimum Gasteiger partial charge on any atom is -0.351 e. The van der Waals surface area contributed by atoms with Crippen LogP contribution in [0.3, 0.4) is 0 Å². The molecule has 5 N–H and O–H groups in total. The summed E-state index contributed by atoms with van der Waals surface area (Å²) in [5, 5.41) is 3.18. The van der Waals surface area contributed by atoms with Crippen LogP contribution < -0.4 is 16.8 Å². The van der Waals surface area contributed by atoms with Crippen molar-refractivity contribution in [3.63, 3.8) is 0 Å². The number of piperazine rings is 1. The van der Waals surface area contributed by atoms with Crippen molar-refractivity contribution in [3.8, 4) is 0 Å². The predicted octanol–water partition coefficient (Wildman–Crippen LogP) is -0.218. The number of benzene rings is 1. The average Bonchev–Trinajstić information content (AvgIpc) is 2.30. The van der Waals surface area contributed by atoms with Crippen molar-refractivity contribution in [1.29, 1.82) is 0 Å². The van der Waals surface area contributed by atoms with E-state index in [9.17, 15) is 4.79 Å². The molecule has 2 rings (SSSR count). The van der Waals surface area contributed by atoms with Crippen LogP contribution in [0, 0.1) is 0 Å². The molecule has 1 saturated heterocycles. The Balaban J connectivity index is 2.37. The van der Waals surface area contributed by atoms with Crippen LogP contribution in [0.15, 0.2) is 30.3 Å². The van der Waals surface area contributed by atoms with E-state index in [0.717, 1.165) is 5.56 Å². The molecule has 5 nitrogen and oxygen atoms in total. The Morgan fingerprint density at radius 1 is 1.38 bits per heavy atom. The number of primary amides is 1. The molecule has 0 bridgehead atoms. The number of hydrogen-bond donors (Lipinski definition) is 3. The third-order valence-corrected chi connectivity index (χ3v) is 2.93. The molecular weight excluding hydrogens is 204 g/mol. The van der Waals surface area contributed by atoms with E-state index in [1.807, 2.05) is 30.3 Å². The van der Waals surface area contributed by atoms with Crippen LogP contribution in [0.5, 0.6) is 0 Å². The number of carbonyl (C=O) groups is 1. The Kier molecular flexibility index (Phi) is 2.80. The van der Waals surface area contributed by atoms with Gasteiger partial charge in [0.05, 0.1) is 0 Å². The third kappa shape index (κ3) is 1.75. The number of hydrogen-bond acceptors (Lipinski definition) is 3. The van der Waals surface area contributed by atoms with Gasteiger partial charge in [-0.15, -0.1) is 0 Å². The van der Waals surface area contributed by atoms with Crippen molar-refractivity contribution in [1.82, 2.24) is 10.2 Å². The van der Waals surface area contributed by atoms with E-state index in [2.05, 4.69) is 5.32 Å². The monoisotopic (exact) mass is 220 g/mol. The average molecular weight is 220 g/mol. The second kappa shape index (κ2) is 4.11. The van der Waals surface area contributed by atoms with Crippen LogP contribution in [-0.2, 0) is 5.66 Å². The molecule has 0 saturated carbocycles. The Bertz CT molecular complexity index is 381. The summed E-state index contributed by atoms with van der Waals surface area (Å²) in [6.45, 7) is 1.76. The highest BCUT2D eigenvalue weighted by atomic mass is 16.2. The molecular formula is C11H16N4O. The summed E-state index contributed by atoms with van der Waals surface area (Å²) in [6.07, 6.45) is 0. The van der Waals surface area contributed by atoms with Crippen molar-refractivity contribution in [2.45, 2.75) is 5.66 Å². The van der Waals surface area contributed by atoms with Gasteiger partial charge >= 0.3 is 6.03 Å². The van der Waals surface area contributed by atoms with E-state index in [0.29, 0.717) is 19.6 Å². The van der Waals surface area contributed by atoms with Gasteiger partial charge in [-0.1, -0.05) is 30.3 Å². The van der Waals surface area contributed by atoms with Gasteiger partial charge in [-0.2, -0.15) is 0 Å². The van der Waals surface area contributed by atoms with Crippen molar-refractivity contribution < 1.29 is 4.79 Å². The molecule has 86 valence electrons. The van der Waals surface area contributed by atoms with Gasteiger partial charge in [-0.3, -0.25) is 0 Å². The SMILES string of the molecule is NC(=O)N1CCNCC1(N)c1ccccc1. The molecule has 1 fully saturated rings. The molecule has 0 aromatic heterocycles. The number of rotatable bonds is 1. The van der Waals surface area contributed by atoms with E-state index in [1.54, 1.807) is 0 Å². The zero-order valence-corrected chi connectivity index (χ0v) is 9.02. The minimum atomic E-state index is -0.842. The Labute approximate surface area is 94.4 Å². The number of urea groups is 1. The van der Waals surface area contributed by atoms with Crippen molar-refractivity contribution in [3.05, 3.63) is 35.9 Å². The molecule has 1 aliphatic rings. The normalized spacial score (nSPS) is 25.4. The van der Waals surface area contributed by atoms with Gasteiger partial charge in [0, 0.05) is 19.6 Å². The topological polar surface area (TPSA) is 84.4 Å². The number of amides is 2. The van der Waals surface area contributed by atoms with Crippen molar-refractivity contribution in [2.75, 3.05) is 19.6 Å². The van der Waals surface area contributed by atoms with Crippen LogP contribution in [0.1, 0.15) is 5.56 Å². The molecule has 2 amide bonds. The number of nitrogens with two attached hydrogens (primary N) is 2. The summed E-state index contributed by atoms with van der Waals surface area (Å²) in [4.78, 5) is 12.9. The molecule has 0 spiro atoms. The standard InChI is InChI=1S/C11H16N4O/c12-10(16)15-7-6-14-8-11(15,13)9-4-2-1-3-5-9/h1-5,14H,6-8,13H2,(H2,12,16). The molecule has 0 aliphatic carbocycles. The summed E-state index contributed by atoms with van der Waals surface area (Å²) in [6, 6.07) is 9.05. The Morgan fingerprint density at radius 3 is 2.69 bits per heavy atom. The van der Waals surface area contributed by atoms with E-state index >= 15 is 0 Å². The highest BCUT2D eigenvalue weighted by molar-refractivity contribution is 5.73. The highest BCUT2D eigenvalue weighted by Crippen LogP contribution is 2.23. The lowest BCUT2D eigenvalue weighted by Crippen LogP contribution is -2.66. The Morgan fingerprint density at radius 2 is 2.06 bits per heavy atom. The maximum atomic E-state index is 11.4. The fourth-order valence-electron chi connectivity index (χ4n) is 2.06. The van der Waals surface area contributed by atoms with Gasteiger partial charge in [0.25, 0.3) is 0 Å². The molecule has 1 heterocycles. The first-order valence-corrected chi connectivity index (χ1v) is 5.27. The van der Waals surface area contributed by atoms with E-state index < -0.39 is 11.7 Å². The zero-order valence-electron chi connectivity index (χ0n) is 9.02. The molecule has 1 aromatic rings. The first-order valence-electron chi connectivity index (χ1n) is 5.27. The maximum Gasteiger partial charge on any atom is 0.316 e. The zero-order chi connectivity index (χ0) is 11.6. The number of carbonyl (C=O) groups excluding carboxylic acids is 1. The number of nitrogens with zero attached hydrogens (tertiary/aromatic N) is 1. The highest BCUT2D eigenvalue weighted by Gasteiger charge is 2.38. The van der Waals surface area contributed by atoms with Gasteiger partial charge < -0.3 is 21.7 Å². The molecule has 5 heteroatoms. The van der Waals surface area contributed by atoms with Gasteiger partial charge in [0.1, 0.15) is 5.66 Å².